The molecule has 4 nitrogen and oxygen atoms in total. The van der Waals surface area contributed by atoms with Crippen molar-refractivity contribution in [3.63, 3.8) is 0 Å². The molecule has 3 aromatic rings. The number of urea groups is 1. The van der Waals surface area contributed by atoms with Crippen LogP contribution in [-0.2, 0) is 12.0 Å². The Kier molecular flexibility index (Phi) is 8.75. The smallest absolute Gasteiger partial charge is 0.322 e. The molecular formula is C30H38N2O2. The summed E-state index contributed by atoms with van der Waals surface area (Å²) in [4.78, 5) is 15.3. The first kappa shape index (κ1) is 25.4. The second kappa shape index (κ2) is 11.7. The highest BCUT2D eigenvalue weighted by molar-refractivity contribution is 5.89. The van der Waals surface area contributed by atoms with Crippen LogP contribution in [0.15, 0.2) is 78.9 Å². The summed E-state index contributed by atoms with van der Waals surface area (Å²) in [6.45, 7) is 12.1. The highest BCUT2D eigenvalue weighted by Crippen LogP contribution is 2.26. The van der Waals surface area contributed by atoms with Crippen molar-refractivity contribution < 1.29 is 9.53 Å². The van der Waals surface area contributed by atoms with Gasteiger partial charge in [-0.25, -0.2) is 4.79 Å². The maximum Gasteiger partial charge on any atom is 0.322 e. The maximum absolute atomic E-state index is 13.4. The average molecular weight is 459 g/mol. The van der Waals surface area contributed by atoms with Gasteiger partial charge in [0.05, 0.1) is 12.6 Å². The minimum atomic E-state index is -0.129. The molecule has 0 fully saturated rings. The fraction of sp³-hybridized carbons (Fsp3) is 0.367. The number of benzene rings is 3. The SMILES string of the molecule is CCCCOc1ccc(NC(=O)N(Cc2ccc(C(C)(C)C)cc2)[C@@H](C)c2ccccc2)cc1. The molecule has 0 aliphatic rings. The Labute approximate surface area is 205 Å². The van der Waals surface area contributed by atoms with E-state index in [0.717, 1.165) is 35.4 Å². The van der Waals surface area contributed by atoms with Crippen molar-refractivity contribution in [1.82, 2.24) is 4.90 Å². The molecule has 0 radical (unpaired) electrons. The van der Waals surface area contributed by atoms with Crippen LogP contribution in [0.25, 0.3) is 0 Å². The van der Waals surface area contributed by atoms with Crippen LogP contribution in [0.5, 0.6) is 5.75 Å². The first-order chi connectivity index (χ1) is 16.3. The fourth-order valence-electron chi connectivity index (χ4n) is 3.77. The first-order valence-corrected chi connectivity index (χ1v) is 12.2. The van der Waals surface area contributed by atoms with E-state index >= 15 is 0 Å². The lowest BCUT2D eigenvalue weighted by Crippen LogP contribution is -2.36. The van der Waals surface area contributed by atoms with Crippen molar-refractivity contribution in [1.29, 1.82) is 0 Å². The molecule has 1 atom stereocenters. The summed E-state index contributed by atoms with van der Waals surface area (Å²) in [6, 6.07) is 26.1. The Morgan fingerprint density at radius 2 is 1.59 bits per heavy atom. The molecule has 180 valence electrons. The predicted molar refractivity (Wildman–Crippen MR) is 141 cm³/mol. The van der Waals surface area contributed by atoms with Gasteiger partial charge in [0, 0.05) is 12.2 Å². The number of ether oxygens (including phenoxy) is 1. The summed E-state index contributed by atoms with van der Waals surface area (Å²) >= 11 is 0. The van der Waals surface area contributed by atoms with Gasteiger partial charge in [0.25, 0.3) is 0 Å². The van der Waals surface area contributed by atoms with Crippen LogP contribution in [0.2, 0.25) is 0 Å². The number of carbonyl (C=O) groups excluding carboxylic acids is 1. The van der Waals surface area contributed by atoms with Gasteiger partial charge in [0.15, 0.2) is 0 Å². The zero-order valence-corrected chi connectivity index (χ0v) is 21.2. The van der Waals surface area contributed by atoms with Gasteiger partial charge >= 0.3 is 6.03 Å². The van der Waals surface area contributed by atoms with Crippen LogP contribution in [0.3, 0.4) is 0 Å². The predicted octanol–water partition coefficient (Wildman–Crippen LogP) is 7.96. The molecule has 0 aromatic heterocycles. The molecule has 0 bridgehead atoms. The van der Waals surface area contributed by atoms with E-state index in [4.69, 9.17) is 4.74 Å². The quantitative estimate of drug-likeness (QED) is 0.330. The number of carbonyl (C=O) groups is 1. The molecule has 0 aliphatic carbocycles. The standard InChI is InChI=1S/C30H38N2O2/c1-6-7-21-34-28-19-17-27(18-20-28)31-29(33)32(23(2)25-11-9-8-10-12-25)22-24-13-15-26(16-14-24)30(3,4)5/h8-20,23H,6-7,21-22H2,1-5H3,(H,31,33)/t23-/m0/s1. The lowest BCUT2D eigenvalue weighted by atomic mass is 9.86. The summed E-state index contributed by atoms with van der Waals surface area (Å²) in [5.41, 5.74) is 4.33. The van der Waals surface area contributed by atoms with E-state index < -0.39 is 0 Å². The van der Waals surface area contributed by atoms with Crippen LogP contribution < -0.4 is 10.1 Å². The van der Waals surface area contributed by atoms with Crippen LogP contribution in [0, 0.1) is 0 Å². The second-order valence-electron chi connectivity index (χ2n) is 9.82. The third kappa shape index (κ3) is 7.11. The highest BCUT2D eigenvalue weighted by Gasteiger charge is 2.22. The normalized spacial score (nSPS) is 12.1. The molecule has 4 heteroatoms. The first-order valence-electron chi connectivity index (χ1n) is 12.2. The lowest BCUT2D eigenvalue weighted by Gasteiger charge is -2.30. The molecule has 34 heavy (non-hydrogen) atoms. The number of hydrogen-bond acceptors (Lipinski definition) is 2. The minimum absolute atomic E-state index is 0.0832. The lowest BCUT2D eigenvalue weighted by molar-refractivity contribution is 0.189. The molecule has 3 rings (SSSR count). The van der Waals surface area contributed by atoms with Gasteiger partial charge in [0.2, 0.25) is 0 Å². The Balaban J connectivity index is 1.77. The molecule has 1 N–H and O–H groups in total. The third-order valence-electron chi connectivity index (χ3n) is 6.06. The number of amides is 2. The van der Waals surface area contributed by atoms with Gasteiger partial charge in [-0.1, -0.05) is 88.7 Å². The molecule has 0 aliphatic heterocycles. The van der Waals surface area contributed by atoms with Gasteiger partial charge in [-0.2, -0.15) is 0 Å². The summed E-state index contributed by atoms with van der Waals surface area (Å²) in [5.74, 6) is 0.819. The third-order valence-corrected chi connectivity index (χ3v) is 6.06. The number of hydrogen-bond donors (Lipinski definition) is 1. The van der Waals surface area contributed by atoms with E-state index in [0.29, 0.717) is 13.2 Å². The van der Waals surface area contributed by atoms with E-state index in [1.165, 1.54) is 5.56 Å². The van der Waals surface area contributed by atoms with Crippen molar-refractivity contribution in [2.24, 2.45) is 0 Å². The molecule has 0 unspecified atom stereocenters. The fourth-order valence-corrected chi connectivity index (χ4v) is 3.77. The summed E-state index contributed by atoms with van der Waals surface area (Å²) in [7, 11) is 0. The van der Waals surface area contributed by atoms with Gasteiger partial charge in [-0.3, -0.25) is 0 Å². The second-order valence-corrected chi connectivity index (χ2v) is 9.82. The molecule has 3 aromatic carbocycles. The molecule has 0 spiro atoms. The van der Waals surface area contributed by atoms with Crippen LogP contribution in [0.1, 0.15) is 70.2 Å². The monoisotopic (exact) mass is 458 g/mol. The van der Waals surface area contributed by atoms with E-state index in [2.05, 4.69) is 76.3 Å². The Bertz CT molecular complexity index is 1020. The van der Waals surface area contributed by atoms with E-state index in [9.17, 15) is 4.79 Å². The van der Waals surface area contributed by atoms with Crippen LogP contribution >= 0.6 is 0 Å². The highest BCUT2D eigenvalue weighted by atomic mass is 16.5. The van der Waals surface area contributed by atoms with Crippen LogP contribution in [0.4, 0.5) is 10.5 Å². The number of nitrogens with one attached hydrogen (secondary N) is 1. The summed E-state index contributed by atoms with van der Waals surface area (Å²) in [6.07, 6.45) is 2.13. The zero-order valence-electron chi connectivity index (χ0n) is 21.2. The molecule has 0 saturated carbocycles. The molecular weight excluding hydrogens is 420 g/mol. The minimum Gasteiger partial charge on any atom is -0.494 e. The largest absolute Gasteiger partial charge is 0.494 e. The molecule has 0 saturated heterocycles. The number of rotatable bonds is 9. The van der Waals surface area contributed by atoms with Crippen molar-refractivity contribution in [2.45, 2.75) is 65.5 Å². The van der Waals surface area contributed by atoms with Gasteiger partial charge in [0.1, 0.15) is 5.75 Å². The average Bonchev–Trinajstić information content (AvgIpc) is 2.83. The van der Waals surface area contributed by atoms with Crippen molar-refractivity contribution >= 4 is 11.7 Å². The van der Waals surface area contributed by atoms with E-state index in [-0.39, 0.29) is 17.5 Å². The summed E-state index contributed by atoms with van der Waals surface area (Å²) in [5, 5.41) is 3.07. The Hall–Kier alpha value is -3.27. The molecule has 0 heterocycles. The number of anilines is 1. The number of nitrogens with zero attached hydrogens (tertiary/aromatic N) is 1. The zero-order chi connectivity index (χ0) is 24.6. The van der Waals surface area contributed by atoms with E-state index in [1.807, 2.05) is 47.4 Å². The van der Waals surface area contributed by atoms with Crippen molar-refractivity contribution in [3.8, 4) is 5.75 Å². The van der Waals surface area contributed by atoms with E-state index in [1.54, 1.807) is 0 Å². The topological polar surface area (TPSA) is 41.6 Å². The van der Waals surface area contributed by atoms with Gasteiger partial charge in [-0.05, 0) is 59.7 Å². The van der Waals surface area contributed by atoms with Crippen molar-refractivity contribution in [3.05, 3.63) is 95.6 Å². The summed E-state index contributed by atoms with van der Waals surface area (Å²) < 4.78 is 5.74. The maximum atomic E-state index is 13.4. The van der Waals surface area contributed by atoms with Gasteiger partial charge in [-0.15, -0.1) is 0 Å². The Morgan fingerprint density at radius 1 is 0.941 bits per heavy atom. The Morgan fingerprint density at radius 3 is 2.18 bits per heavy atom. The molecule has 2 amide bonds. The van der Waals surface area contributed by atoms with Gasteiger partial charge < -0.3 is 15.0 Å². The van der Waals surface area contributed by atoms with Crippen molar-refractivity contribution in [2.75, 3.05) is 11.9 Å². The van der Waals surface area contributed by atoms with Crippen LogP contribution in [-0.4, -0.2) is 17.5 Å². The number of unbranched alkanes of at least 4 members (excludes halogenated alkanes) is 1.